The van der Waals surface area contributed by atoms with Crippen molar-refractivity contribution in [3.05, 3.63) is 63.9 Å². The van der Waals surface area contributed by atoms with Crippen molar-refractivity contribution in [3.63, 3.8) is 0 Å². The minimum absolute atomic E-state index is 0.100. The van der Waals surface area contributed by atoms with Crippen molar-refractivity contribution in [3.8, 4) is 17.0 Å². The number of amides is 1. The fourth-order valence-electron chi connectivity index (χ4n) is 2.12. The summed E-state index contributed by atoms with van der Waals surface area (Å²) in [6, 6.07) is 14.6. The monoisotopic (exact) mass is 358 g/mol. The molecular weight excluding hydrogens is 344 g/mol. The van der Waals surface area contributed by atoms with Gasteiger partial charge in [-0.05, 0) is 31.2 Å². The van der Waals surface area contributed by atoms with Gasteiger partial charge in [-0.25, -0.2) is 4.98 Å². The molecular formula is C18H15ClN2O2S. The SMILES string of the molecule is Cc1nc(-c2ccc(NC(=O)COc3ccccc3Cl)cc2)cs1. The lowest BCUT2D eigenvalue weighted by Crippen LogP contribution is -2.20. The van der Waals surface area contributed by atoms with E-state index < -0.39 is 0 Å². The van der Waals surface area contributed by atoms with Crippen molar-refractivity contribution in [2.24, 2.45) is 0 Å². The zero-order valence-corrected chi connectivity index (χ0v) is 14.5. The molecule has 0 unspecified atom stereocenters. The van der Waals surface area contributed by atoms with Gasteiger partial charge in [-0.3, -0.25) is 4.79 Å². The highest BCUT2D eigenvalue weighted by molar-refractivity contribution is 7.09. The zero-order valence-electron chi connectivity index (χ0n) is 13.0. The standard InChI is InChI=1S/C18H15ClN2O2S/c1-12-20-16(11-24-12)13-6-8-14(9-7-13)21-18(22)10-23-17-5-3-2-4-15(17)19/h2-9,11H,10H2,1H3,(H,21,22). The van der Waals surface area contributed by atoms with E-state index in [0.29, 0.717) is 16.5 Å². The number of carbonyl (C=O) groups is 1. The summed E-state index contributed by atoms with van der Waals surface area (Å²) < 4.78 is 5.41. The quantitative estimate of drug-likeness (QED) is 0.713. The summed E-state index contributed by atoms with van der Waals surface area (Å²) in [6.45, 7) is 1.87. The number of carbonyl (C=O) groups excluding carboxylic acids is 1. The van der Waals surface area contributed by atoms with Gasteiger partial charge in [-0.1, -0.05) is 35.9 Å². The van der Waals surface area contributed by atoms with E-state index in [1.54, 1.807) is 35.6 Å². The van der Waals surface area contributed by atoms with Crippen LogP contribution in [0.1, 0.15) is 5.01 Å². The summed E-state index contributed by atoms with van der Waals surface area (Å²) >= 11 is 7.60. The smallest absolute Gasteiger partial charge is 0.262 e. The number of thiazole rings is 1. The van der Waals surface area contributed by atoms with Gasteiger partial charge in [-0.2, -0.15) is 0 Å². The molecule has 0 bridgehead atoms. The number of ether oxygens (including phenoxy) is 1. The van der Waals surface area contributed by atoms with Crippen LogP contribution in [-0.2, 0) is 4.79 Å². The summed E-state index contributed by atoms with van der Waals surface area (Å²) in [5, 5.41) is 6.31. The van der Waals surface area contributed by atoms with E-state index in [4.69, 9.17) is 16.3 Å². The lowest BCUT2D eigenvalue weighted by atomic mass is 10.1. The van der Waals surface area contributed by atoms with Gasteiger partial charge in [0, 0.05) is 16.6 Å². The number of benzene rings is 2. The summed E-state index contributed by atoms with van der Waals surface area (Å²) in [6.07, 6.45) is 0. The summed E-state index contributed by atoms with van der Waals surface area (Å²) in [4.78, 5) is 16.4. The van der Waals surface area contributed by atoms with E-state index in [0.717, 1.165) is 16.3 Å². The molecule has 6 heteroatoms. The highest BCUT2D eigenvalue weighted by Crippen LogP contribution is 2.24. The normalized spacial score (nSPS) is 10.4. The van der Waals surface area contributed by atoms with Crippen molar-refractivity contribution >= 4 is 34.5 Å². The van der Waals surface area contributed by atoms with Gasteiger partial charge in [0.25, 0.3) is 5.91 Å². The Balaban J connectivity index is 1.57. The molecule has 0 saturated carbocycles. The van der Waals surface area contributed by atoms with Gasteiger partial charge in [0.2, 0.25) is 0 Å². The molecule has 24 heavy (non-hydrogen) atoms. The fourth-order valence-corrected chi connectivity index (χ4v) is 2.93. The van der Waals surface area contributed by atoms with E-state index in [9.17, 15) is 4.79 Å². The molecule has 1 N–H and O–H groups in total. The molecule has 0 aliphatic carbocycles. The Morgan fingerprint density at radius 3 is 2.62 bits per heavy atom. The number of halogens is 1. The molecule has 122 valence electrons. The number of rotatable bonds is 5. The Morgan fingerprint density at radius 2 is 1.96 bits per heavy atom. The van der Waals surface area contributed by atoms with Gasteiger partial charge < -0.3 is 10.1 Å². The number of nitrogens with zero attached hydrogens (tertiary/aromatic N) is 1. The van der Waals surface area contributed by atoms with Crippen molar-refractivity contribution in [2.45, 2.75) is 6.92 Å². The van der Waals surface area contributed by atoms with Crippen LogP contribution in [0.5, 0.6) is 5.75 Å². The Labute approximate surface area is 149 Å². The maximum Gasteiger partial charge on any atom is 0.262 e. The molecule has 3 rings (SSSR count). The Kier molecular flexibility index (Phi) is 5.13. The molecule has 0 atom stereocenters. The molecule has 3 aromatic rings. The van der Waals surface area contributed by atoms with Crippen LogP contribution in [0.3, 0.4) is 0 Å². The summed E-state index contributed by atoms with van der Waals surface area (Å²) in [5.74, 6) is 0.246. The van der Waals surface area contributed by atoms with Crippen molar-refractivity contribution in [2.75, 3.05) is 11.9 Å². The van der Waals surface area contributed by atoms with E-state index >= 15 is 0 Å². The number of anilines is 1. The third kappa shape index (κ3) is 4.13. The van der Waals surface area contributed by atoms with Crippen molar-refractivity contribution in [1.82, 2.24) is 4.98 Å². The topological polar surface area (TPSA) is 51.2 Å². The predicted molar refractivity (Wildman–Crippen MR) is 97.9 cm³/mol. The number of hydrogen-bond donors (Lipinski definition) is 1. The molecule has 1 aromatic heterocycles. The van der Waals surface area contributed by atoms with Crippen LogP contribution in [0.15, 0.2) is 53.9 Å². The second-order valence-electron chi connectivity index (χ2n) is 5.10. The molecule has 0 fully saturated rings. The lowest BCUT2D eigenvalue weighted by Gasteiger charge is -2.09. The average molecular weight is 359 g/mol. The Hall–Kier alpha value is -2.37. The molecule has 1 heterocycles. The summed E-state index contributed by atoms with van der Waals surface area (Å²) in [5.41, 5.74) is 2.67. The highest BCUT2D eigenvalue weighted by atomic mass is 35.5. The number of para-hydroxylation sites is 1. The lowest BCUT2D eigenvalue weighted by molar-refractivity contribution is -0.118. The van der Waals surface area contributed by atoms with Crippen LogP contribution in [0.4, 0.5) is 5.69 Å². The number of nitrogens with one attached hydrogen (secondary N) is 1. The third-order valence-corrected chi connectivity index (χ3v) is 4.36. The van der Waals surface area contributed by atoms with Crippen LogP contribution in [0.25, 0.3) is 11.3 Å². The van der Waals surface area contributed by atoms with Crippen LogP contribution in [0.2, 0.25) is 5.02 Å². The first kappa shape index (κ1) is 16.5. The van der Waals surface area contributed by atoms with Crippen LogP contribution < -0.4 is 10.1 Å². The van der Waals surface area contributed by atoms with Gasteiger partial charge in [0.05, 0.1) is 15.7 Å². The Morgan fingerprint density at radius 1 is 1.21 bits per heavy atom. The molecule has 0 radical (unpaired) electrons. The van der Waals surface area contributed by atoms with Gasteiger partial charge in [0.1, 0.15) is 5.75 Å². The van der Waals surface area contributed by atoms with Crippen molar-refractivity contribution in [1.29, 1.82) is 0 Å². The minimum Gasteiger partial charge on any atom is -0.482 e. The number of aromatic nitrogens is 1. The first-order chi connectivity index (χ1) is 11.6. The van der Waals surface area contributed by atoms with Crippen molar-refractivity contribution < 1.29 is 9.53 Å². The molecule has 0 saturated heterocycles. The van der Waals surface area contributed by atoms with Crippen LogP contribution in [-0.4, -0.2) is 17.5 Å². The summed E-state index contributed by atoms with van der Waals surface area (Å²) in [7, 11) is 0. The second kappa shape index (κ2) is 7.47. The highest BCUT2D eigenvalue weighted by Gasteiger charge is 2.07. The fraction of sp³-hybridized carbons (Fsp3) is 0.111. The molecule has 0 aliphatic rings. The second-order valence-corrected chi connectivity index (χ2v) is 6.57. The maximum atomic E-state index is 12.0. The van der Waals surface area contributed by atoms with E-state index in [-0.39, 0.29) is 12.5 Å². The van der Waals surface area contributed by atoms with Gasteiger partial charge in [0.15, 0.2) is 6.61 Å². The first-order valence-corrected chi connectivity index (χ1v) is 8.57. The molecule has 1 amide bonds. The predicted octanol–water partition coefficient (Wildman–Crippen LogP) is 4.79. The largest absolute Gasteiger partial charge is 0.482 e. The minimum atomic E-state index is -0.243. The van der Waals surface area contributed by atoms with Crippen LogP contribution in [0, 0.1) is 6.92 Å². The van der Waals surface area contributed by atoms with E-state index in [1.165, 1.54) is 0 Å². The molecule has 2 aromatic carbocycles. The third-order valence-electron chi connectivity index (χ3n) is 3.28. The van der Waals surface area contributed by atoms with Gasteiger partial charge >= 0.3 is 0 Å². The first-order valence-electron chi connectivity index (χ1n) is 7.31. The molecule has 0 aliphatic heterocycles. The average Bonchev–Trinajstić information content (AvgIpc) is 3.01. The van der Waals surface area contributed by atoms with E-state index in [2.05, 4.69) is 10.3 Å². The molecule has 4 nitrogen and oxygen atoms in total. The molecule has 0 spiro atoms. The van der Waals surface area contributed by atoms with Gasteiger partial charge in [-0.15, -0.1) is 11.3 Å². The number of hydrogen-bond acceptors (Lipinski definition) is 4. The van der Waals surface area contributed by atoms with E-state index in [1.807, 2.05) is 36.6 Å². The van der Waals surface area contributed by atoms with Crippen LogP contribution >= 0.6 is 22.9 Å². The Bertz CT molecular complexity index is 846. The zero-order chi connectivity index (χ0) is 16.9. The maximum absolute atomic E-state index is 12.0. The number of aryl methyl sites for hydroxylation is 1.